The molecular weight excluding hydrogens is 214 g/mol. The molecule has 5 heteroatoms. The monoisotopic (exact) mass is 234 g/mol. The van der Waals surface area contributed by atoms with Gasteiger partial charge >= 0.3 is 0 Å². The first-order valence-electron chi connectivity index (χ1n) is 5.73. The van der Waals surface area contributed by atoms with Gasteiger partial charge in [-0.2, -0.15) is 0 Å². The molecule has 17 heavy (non-hydrogen) atoms. The molecule has 0 amide bonds. The van der Waals surface area contributed by atoms with Crippen LogP contribution >= 0.6 is 0 Å². The molecule has 0 aliphatic carbocycles. The summed E-state index contributed by atoms with van der Waals surface area (Å²) in [5, 5.41) is 3.74. The fraction of sp³-hybridized carbons (Fsp3) is 0.583. The predicted octanol–water partition coefficient (Wildman–Crippen LogP) is 2.38. The highest BCUT2D eigenvalue weighted by Gasteiger charge is 2.26. The summed E-state index contributed by atoms with van der Waals surface area (Å²) in [6.07, 6.45) is 2.87. The molecule has 5 nitrogen and oxygen atoms in total. The number of rotatable bonds is 5. The Bertz CT molecular complexity index is 390. The number of azide groups is 1. The van der Waals surface area contributed by atoms with E-state index in [1.165, 1.54) is 0 Å². The normalized spacial score (nSPS) is 16.7. The van der Waals surface area contributed by atoms with Crippen LogP contribution < -0.4 is 0 Å². The Balaban J connectivity index is 2.71. The van der Waals surface area contributed by atoms with Crippen LogP contribution in [0, 0.1) is 5.92 Å². The van der Waals surface area contributed by atoms with Gasteiger partial charge in [0.25, 0.3) is 5.96 Å². The number of allylic oxidation sites excluding steroid dienone is 1. The van der Waals surface area contributed by atoms with Crippen LogP contribution in [0.2, 0.25) is 0 Å². The minimum atomic E-state index is 0.350. The van der Waals surface area contributed by atoms with Crippen LogP contribution in [0.15, 0.2) is 29.9 Å². The smallest absolute Gasteiger partial charge is 0.282 e. The van der Waals surface area contributed by atoms with Gasteiger partial charge in [-0.05, 0) is 18.9 Å². The highest BCUT2D eigenvalue weighted by molar-refractivity contribution is 5.76. The molecule has 0 bridgehead atoms. The van der Waals surface area contributed by atoms with Crippen LogP contribution in [-0.4, -0.2) is 42.1 Å². The Morgan fingerprint density at radius 1 is 1.76 bits per heavy atom. The van der Waals surface area contributed by atoms with Crippen LogP contribution in [-0.2, 0) is 0 Å². The van der Waals surface area contributed by atoms with E-state index in [4.69, 9.17) is 5.53 Å². The summed E-state index contributed by atoms with van der Waals surface area (Å²) in [7, 11) is 1.94. The molecule has 1 rings (SSSR count). The molecule has 0 radical (unpaired) electrons. The van der Waals surface area contributed by atoms with Crippen molar-refractivity contribution in [1.82, 2.24) is 4.90 Å². The first kappa shape index (κ1) is 13.3. The second-order valence-electron chi connectivity index (χ2n) is 4.51. The zero-order valence-corrected chi connectivity index (χ0v) is 10.6. The van der Waals surface area contributed by atoms with Gasteiger partial charge in [-0.1, -0.05) is 11.6 Å². The minimum Gasteiger partial charge on any atom is -0.290 e. The summed E-state index contributed by atoms with van der Waals surface area (Å²) in [6, 6.07) is 0. The molecular formula is C12H20N5+. The summed E-state index contributed by atoms with van der Waals surface area (Å²) >= 11 is 0. The molecule has 1 atom stereocenters. The molecule has 0 saturated carbocycles. The largest absolute Gasteiger partial charge is 0.290 e. The third-order valence-electron chi connectivity index (χ3n) is 2.86. The number of guanidine groups is 1. The van der Waals surface area contributed by atoms with Gasteiger partial charge in [0.2, 0.25) is 0 Å². The van der Waals surface area contributed by atoms with Gasteiger partial charge in [-0.15, -0.1) is 13.2 Å². The number of likely N-dealkylation sites (N-methyl/N-ethyl adjacent to an activating group) is 1. The van der Waals surface area contributed by atoms with Gasteiger partial charge in [-0.25, -0.2) is 0 Å². The molecule has 0 spiro atoms. The second-order valence-corrected chi connectivity index (χ2v) is 4.51. The lowest BCUT2D eigenvalue weighted by Crippen LogP contribution is -2.32. The van der Waals surface area contributed by atoms with E-state index in [-0.39, 0.29) is 0 Å². The van der Waals surface area contributed by atoms with Crippen molar-refractivity contribution in [2.45, 2.75) is 13.3 Å². The average molecular weight is 234 g/mol. The van der Waals surface area contributed by atoms with Crippen LogP contribution in [0.5, 0.6) is 0 Å². The molecule has 0 aromatic carbocycles. The first-order chi connectivity index (χ1) is 8.08. The van der Waals surface area contributed by atoms with Gasteiger partial charge < -0.3 is 0 Å². The molecule has 0 N–H and O–H groups in total. The fourth-order valence-electron chi connectivity index (χ4n) is 2.02. The molecule has 0 fully saturated rings. The van der Waals surface area contributed by atoms with Gasteiger partial charge in [0.05, 0.1) is 26.7 Å². The zero-order valence-electron chi connectivity index (χ0n) is 10.6. The van der Waals surface area contributed by atoms with E-state index in [0.29, 0.717) is 11.9 Å². The van der Waals surface area contributed by atoms with Crippen LogP contribution in [0.3, 0.4) is 0 Å². The maximum absolute atomic E-state index is 8.55. The SMILES string of the molecule is C=CC(CC(=C)C)CN1CC[N+](C)=C1N=[N+]=[N-]. The van der Waals surface area contributed by atoms with Crippen molar-refractivity contribution in [3.63, 3.8) is 0 Å². The van der Waals surface area contributed by atoms with Crippen LogP contribution in [0.1, 0.15) is 13.3 Å². The van der Waals surface area contributed by atoms with E-state index >= 15 is 0 Å². The molecule has 92 valence electrons. The van der Waals surface area contributed by atoms with Crippen molar-refractivity contribution < 1.29 is 4.58 Å². The minimum absolute atomic E-state index is 0.350. The lowest BCUT2D eigenvalue weighted by atomic mass is 10.0. The predicted molar refractivity (Wildman–Crippen MR) is 69.9 cm³/mol. The number of hydrogen-bond donors (Lipinski definition) is 0. The van der Waals surface area contributed by atoms with Gasteiger partial charge in [0.15, 0.2) is 0 Å². The van der Waals surface area contributed by atoms with Crippen molar-refractivity contribution in [2.75, 3.05) is 26.7 Å². The van der Waals surface area contributed by atoms with E-state index in [1.807, 2.05) is 24.6 Å². The lowest BCUT2D eigenvalue weighted by Gasteiger charge is -2.18. The van der Waals surface area contributed by atoms with Crippen molar-refractivity contribution in [1.29, 1.82) is 0 Å². The lowest BCUT2D eigenvalue weighted by molar-refractivity contribution is -0.487. The second kappa shape index (κ2) is 6.11. The maximum Gasteiger partial charge on any atom is 0.282 e. The quantitative estimate of drug-likeness (QED) is 0.237. The third-order valence-corrected chi connectivity index (χ3v) is 2.86. The molecule has 0 saturated heterocycles. The Morgan fingerprint density at radius 3 is 3.00 bits per heavy atom. The Kier molecular flexibility index (Phi) is 4.79. The molecule has 0 aromatic heterocycles. The Morgan fingerprint density at radius 2 is 2.47 bits per heavy atom. The third kappa shape index (κ3) is 3.64. The Hall–Kier alpha value is -1.74. The van der Waals surface area contributed by atoms with Gasteiger partial charge in [-0.3, -0.25) is 9.48 Å². The summed E-state index contributed by atoms with van der Waals surface area (Å²) in [6.45, 7) is 12.4. The van der Waals surface area contributed by atoms with Crippen LogP contribution in [0.25, 0.3) is 10.4 Å². The van der Waals surface area contributed by atoms with E-state index < -0.39 is 0 Å². The topological polar surface area (TPSA) is 55.0 Å². The maximum atomic E-state index is 8.55. The van der Waals surface area contributed by atoms with Crippen LogP contribution in [0.4, 0.5) is 0 Å². The van der Waals surface area contributed by atoms with E-state index in [2.05, 4.69) is 28.1 Å². The summed E-state index contributed by atoms with van der Waals surface area (Å²) < 4.78 is 1.97. The number of nitrogens with zero attached hydrogens (tertiary/aromatic N) is 5. The van der Waals surface area contributed by atoms with Gasteiger partial charge in [0.1, 0.15) is 0 Å². The average Bonchev–Trinajstić information content (AvgIpc) is 2.60. The molecule has 1 heterocycles. The summed E-state index contributed by atoms with van der Waals surface area (Å²) in [5.74, 6) is 1.06. The molecule has 0 aromatic rings. The van der Waals surface area contributed by atoms with E-state index in [9.17, 15) is 0 Å². The fourth-order valence-corrected chi connectivity index (χ4v) is 2.02. The highest BCUT2D eigenvalue weighted by Crippen LogP contribution is 2.15. The molecule has 1 aliphatic heterocycles. The Labute approximate surface area is 102 Å². The van der Waals surface area contributed by atoms with E-state index in [1.54, 1.807) is 0 Å². The van der Waals surface area contributed by atoms with Crippen molar-refractivity contribution in [3.8, 4) is 0 Å². The summed E-state index contributed by atoms with van der Waals surface area (Å²) in [5.41, 5.74) is 9.69. The zero-order chi connectivity index (χ0) is 12.8. The molecule has 1 aliphatic rings. The van der Waals surface area contributed by atoms with Gasteiger partial charge in [0, 0.05) is 15.9 Å². The van der Waals surface area contributed by atoms with E-state index in [0.717, 1.165) is 31.6 Å². The summed E-state index contributed by atoms with van der Waals surface area (Å²) in [4.78, 5) is 4.98. The number of hydrogen-bond acceptors (Lipinski definition) is 2. The van der Waals surface area contributed by atoms with Crippen molar-refractivity contribution in [3.05, 3.63) is 35.2 Å². The standard InChI is InChI=1S/C12H20N5/c1-5-11(8-10(2)3)9-17-7-6-16(4)12(17)14-15-13/h5,11H,1-2,6-9H2,3-4H3/q+1. The first-order valence-corrected chi connectivity index (χ1v) is 5.73. The van der Waals surface area contributed by atoms with Crippen molar-refractivity contribution >= 4 is 5.96 Å². The highest BCUT2D eigenvalue weighted by atomic mass is 15.4. The molecule has 1 unspecified atom stereocenters. The van der Waals surface area contributed by atoms with Crippen molar-refractivity contribution in [2.24, 2.45) is 11.0 Å².